The van der Waals surface area contributed by atoms with Crippen molar-refractivity contribution in [3.63, 3.8) is 0 Å². The number of phenolic OH excluding ortho intramolecular Hbond substituents is 1. The Kier molecular flexibility index (Phi) is 3.29. The molecule has 1 atom stereocenters. The van der Waals surface area contributed by atoms with Crippen LogP contribution in [-0.2, 0) is 0 Å². The summed E-state index contributed by atoms with van der Waals surface area (Å²) < 4.78 is 18.3. The standard InChI is InChI=1S/C12H16FNO2/c1-16-12-7-11(15)8(6-9(12)13)10-4-2-3-5-14-10/h6-7,10,14-15H,2-5H2,1H3. The third-order valence-electron chi connectivity index (χ3n) is 2.99. The third-order valence-corrected chi connectivity index (χ3v) is 2.99. The predicted octanol–water partition coefficient (Wildman–Crippen LogP) is 2.35. The highest BCUT2D eigenvalue weighted by Crippen LogP contribution is 2.34. The van der Waals surface area contributed by atoms with E-state index in [4.69, 9.17) is 4.74 Å². The third kappa shape index (κ3) is 2.11. The van der Waals surface area contributed by atoms with Crippen LogP contribution in [0.3, 0.4) is 0 Å². The number of ether oxygens (including phenoxy) is 1. The zero-order chi connectivity index (χ0) is 11.5. The molecule has 2 rings (SSSR count). The maximum absolute atomic E-state index is 13.5. The van der Waals surface area contributed by atoms with Gasteiger partial charge in [0.15, 0.2) is 11.6 Å². The molecule has 1 heterocycles. The molecule has 0 bridgehead atoms. The molecule has 0 aliphatic carbocycles. The normalized spacial score (nSPS) is 20.8. The molecule has 1 aromatic carbocycles. The van der Waals surface area contributed by atoms with Crippen molar-refractivity contribution in [2.24, 2.45) is 0 Å². The average molecular weight is 225 g/mol. The molecule has 0 radical (unpaired) electrons. The summed E-state index contributed by atoms with van der Waals surface area (Å²) in [6, 6.07) is 2.74. The SMILES string of the molecule is COc1cc(O)c(C2CCCCN2)cc1F. The molecule has 1 aromatic rings. The first-order chi connectivity index (χ1) is 7.72. The molecular weight excluding hydrogens is 209 g/mol. The van der Waals surface area contributed by atoms with Crippen LogP contribution >= 0.6 is 0 Å². The number of piperidine rings is 1. The van der Waals surface area contributed by atoms with Crippen molar-refractivity contribution < 1.29 is 14.2 Å². The minimum absolute atomic E-state index is 0.0501. The molecule has 0 aromatic heterocycles. The fourth-order valence-electron chi connectivity index (χ4n) is 2.11. The summed E-state index contributed by atoms with van der Waals surface area (Å²) in [6.07, 6.45) is 3.17. The van der Waals surface area contributed by atoms with Crippen molar-refractivity contribution in [3.05, 3.63) is 23.5 Å². The lowest BCUT2D eigenvalue weighted by Crippen LogP contribution is -2.26. The van der Waals surface area contributed by atoms with Crippen LogP contribution in [-0.4, -0.2) is 18.8 Å². The van der Waals surface area contributed by atoms with Crippen LogP contribution < -0.4 is 10.1 Å². The van der Waals surface area contributed by atoms with Gasteiger partial charge in [0, 0.05) is 17.7 Å². The van der Waals surface area contributed by atoms with Crippen LogP contribution in [0, 0.1) is 5.82 Å². The Morgan fingerprint density at radius 1 is 1.44 bits per heavy atom. The van der Waals surface area contributed by atoms with Crippen LogP contribution in [0.5, 0.6) is 11.5 Å². The summed E-state index contributed by atoms with van der Waals surface area (Å²) in [4.78, 5) is 0. The van der Waals surface area contributed by atoms with Crippen molar-refractivity contribution in [1.82, 2.24) is 5.32 Å². The van der Waals surface area contributed by atoms with Crippen LogP contribution in [0.25, 0.3) is 0 Å². The Balaban J connectivity index is 2.29. The van der Waals surface area contributed by atoms with E-state index in [2.05, 4.69) is 5.32 Å². The monoisotopic (exact) mass is 225 g/mol. The first-order valence-electron chi connectivity index (χ1n) is 5.52. The molecule has 2 N–H and O–H groups in total. The van der Waals surface area contributed by atoms with Gasteiger partial charge in [0.05, 0.1) is 7.11 Å². The van der Waals surface area contributed by atoms with E-state index in [1.54, 1.807) is 0 Å². The van der Waals surface area contributed by atoms with Crippen molar-refractivity contribution in [3.8, 4) is 11.5 Å². The molecular formula is C12H16FNO2. The van der Waals surface area contributed by atoms with E-state index in [9.17, 15) is 9.50 Å². The highest BCUT2D eigenvalue weighted by molar-refractivity contribution is 5.42. The number of nitrogens with one attached hydrogen (secondary N) is 1. The summed E-state index contributed by atoms with van der Waals surface area (Å²) >= 11 is 0. The Morgan fingerprint density at radius 3 is 2.88 bits per heavy atom. The van der Waals surface area contributed by atoms with Crippen LogP contribution in [0.2, 0.25) is 0 Å². The van der Waals surface area contributed by atoms with Gasteiger partial charge >= 0.3 is 0 Å². The van der Waals surface area contributed by atoms with Crippen molar-refractivity contribution in [2.75, 3.05) is 13.7 Å². The Hall–Kier alpha value is -1.29. The summed E-state index contributed by atoms with van der Waals surface area (Å²) in [5.74, 6) is -0.252. The van der Waals surface area contributed by atoms with E-state index in [1.165, 1.54) is 19.2 Å². The van der Waals surface area contributed by atoms with E-state index in [-0.39, 0.29) is 17.5 Å². The molecule has 1 saturated heterocycles. The molecule has 1 aliphatic rings. The maximum Gasteiger partial charge on any atom is 0.165 e. The number of rotatable bonds is 2. The first kappa shape index (κ1) is 11.2. The summed E-state index contributed by atoms with van der Waals surface area (Å²) in [7, 11) is 1.39. The Labute approximate surface area is 94.2 Å². The van der Waals surface area contributed by atoms with Gasteiger partial charge in [-0.3, -0.25) is 0 Å². The van der Waals surface area contributed by atoms with Gasteiger partial charge in [-0.05, 0) is 25.5 Å². The van der Waals surface area contributed by atoms with E-state index in [0.717, 1.165) is 25.8 Å². The van der Waals surface area contributed by atoms with Crippen LogP contribution in [0.1, 0.15) is 30.9 Å². The maximum atomic E-state index is 13.5. The number of halogens is 1. The highest BCUT2D eigenvalue weighted by Gasteiger charge is 2.20. The molecule has 88 valence electrons. The number of aromatic hydroxyl groups is 1. The largest absolute Gasteiger partial charge is 0.507 e. The summed E-state index contributed by atoms with van der Waals surface area (Å²) in [6.45, 7) is 0.914. The quantitative estimate of drug-likeness (QED) is 0.811. The zero-order valence-corrected chi connectivity index (χ0v) is 9.29. The predicted molar refractivity (Wildman–Crippen MR) is 59.2 cm³/mol. The number of hydrogen-bond acceptors (Lipinski definition) is 3. The van der Waals surface area contributed by atoms with Gasteiger partial charge in [0.2, 0.25) is 0 Å². The molecule has 1 fully saturated rings. The lowest BCUT2D eigenvalue weighted by Gasteiger charge is -2.24. The van der Waals surface area contributed by atoms with Gasteiger partial charge in [-0.1, -0.05) is 6.42 Å². The fraction of sp³-hybridized carbons (Fsp3) is 0.500. The van der Waals surface area contributed by atoms with Crippen LogP contribution in [0.4, 0.5) is 4.39 Å². The lowest BCUT2D eigenvalue weighted by atomic mass is 9.96. The van der Waals surface area contributed by atoms with Crippen LogP contribution in [0.15, 0.2) is 12.1 Å². The van der Waals surface area contributed by atoms with Gasteiger partial charge in [0.25, 0.3) is 0 Å². The average Bonchev–Trinajstić information content (AvgIpc) is 2.32. The second-order valence-electron chi connectivity index (χ2n) is 4.05. The highest BCUT2D eigenvalue weighted by atomic mass is 19.1. The minimum Gasteiger partial charge on any atom is -0.507 e. The number of phenols is 1. The van der Waals surface area contributed by atoms with Crippen molar-refractivity contribution in [2.45, 2.75) is 25.3 Å². The van der Waals surface area contributed by atoms with Gasteiger partial charge < -0.3 is 15.2 Å². The van der Waals surface area contributed by atoms with Gasteiger partial charge in [-0.2, -0.15) is 0 Å². The Morgan fingerprint density at radius 2 is 2.25 bits per heavy atom. The second-order valence-corrected chi connectivity index (χ2v) is 4.05. The molecule has 0 saturated carbocycles. The molecule has 4 heteroatoms. The Bertz CT molecular complexity index is 376. The lowest BCUT2D eigenvalue weighted by molar-refractivity contribution is 0.366. The smallest absolute Gasteiger partial charge is 0.165 e. The van der Waals surface area contributed by atoms with E-state index in [0.29, 0.717) is 5.56 Å². The second kappa shape index (κ2) is 4.70. The van der Waals surface area contributed by atoms with E-state index >= 15 is 0 Å². The van der Waals surface area contributed by atoms with Gasteiger partial charge in [-0.15, -0.1) is 0 Å². The van der Waals surface area contributed by atoms with E-state index < -0.39 is 5.82 Å². The number of benzene rings is 1. The summed E-state index contributed by atoms with van der Waals surface area (Å²) in [5, 5.41) is 13.1. The van der Waals surface area contributed by atoms with E-state index in [1.807, 2.05) is 0 Å². The van der Waals surface area contributed by atoms with Gasteiger partial charge in [0.1, 0.15) is 5.75 Å². The number of methoxy groups -OCH3 is 1. The molecule has 3 nitrogen and oxygen atoms in total. The number of hydrogen-bond donors (Lipinski definition) is 2. The first-order valence-corrected chi connectivity index (χ1v) is 5.52. The zero-order valence-electron chi connectivity index (χ0n) is 9.29. The molecule has 1 aliphatic heterocycles. The topological polar surface area (TPSA) is 41.5 Å². The van der Waals surface area contributed by atoms with Gasteiger partial charge in [-0.25, -0.2) is 4.39 Å². The fourth-order valence-corrected chi connectivity index (χ4v) is 2.11. The summed E-state index contributed by atoms with van der Waals surface area (Å²) in [5.41, 5.74) is 0.623. The molecule has 16 heavy (non-hydrogen) atoms. The molecule has 0 amide bonds. The molecule has 1 unspecified atom stereocenters. The van der Waals surface area contributed by atoms with Crippen molar-refractivity contribution in [1.29, 1.82) is 0 Å². The van der Waals surface area contributed by atoms with Crippen molar-refractivity contribution >= 4 is 0 Å². The minimum atomic E-state index is -0.428. The molecule has 0 spiro atoms.